The molecular weight excluding hydrogens is 161 g/mol. The second kappa shape index (κ2) is 3.69. The number of alkyl halides is 1. The lowest BCUT2D eigenvalue weighted by Gasteiger charge is -1.79. The molecular formula is C4H7Cl2N3. The van der Waals surface area contributed by atoms with Gasteiger partial charge in [-0.05, 0) is 0 Å². The van der Waals surface area contributed by atoms with E-state index in [1.54, 1.807) is 7.05 Å². The maximum Gasteiger partial charge on any atom is 0.165 e. The van der Waals surface area contributed by atoms with Crippen molar-refractivity contribution in [3.63, 3.8) is 0 Å². The number of nitrogens with zero attached hydrogens (tertiary/aromatic N) is 3. The Kier molecular flexibility index (Phi) is 2.26. The average Bonchev–Trinajstić information content (AvgIpc) is 2.11. The van der Waals surface area contributed by atoms with Crippen molar-refractivity contribution in [3.8, 4) is 0 Å². The van der Waals surface area contributed by atoms with Crippen molar-refractivity contribution in [3.05, 3.63) is 12.2 Å². The van der Waals surface area contributed by atoms with Crippen LogP contribution in [0, 0.1) is 0 Å². The van der Waals surface area contributed by atoms with Gasteiger partial charge in [0.15, 0.2) is 5.82 Å². The fraction of sp³-hybridized carbons (Fsp3) is 0.500. The summed E-state index contributed by atoms with van der Waals surface area (Å²) in [5, 5.41) is 3.68. The number of aryl methyl sites for hydroxylation is 1. The molecule has 3 nitrogen and oxygen atoms in total. The third kappa shape index (κ3) is 2.20. The highest BCUT2D eigenvalue weighted by atomic mass is 35.5. The smallest absolute Gasteiger partial charge is 0.165 e. The van der Waals surface area contributed by atoms with E-state index in [1.165, 1.54) is 11.0 Å². The van der Waals surface area contributed by atoms with Crippen LogP contribution in [-0.2, 0) is 12.9 Å². The molecule has 0 N–H and O–H groups in total. The first-order valence-corrected chi connectivity index (χ1v) is 2.43. The maximum absolute atomic E-state index is 6.98. The summed E-state index contributed by atoms with van der Waals surface area (Å²) in [6.07, 6.45) is 1.40. The lowest BCUT2D eigenvalue weighted by atomic mass is 10.7. The molecule has 9 heavy (non-hydrogen) atoms. The summed E-state index contributed by atoms with van der Waals surface area (Å²) >= 11 is 5.27. The molecule has 5 heteroatoms. The molecule has 0 aliphatic rings. The first kappa shape index (κ1) is 5.50. The van der Waals surface area contributed by atoms with E-state index in [9.17, 15) is 0 Å². The molecule has 52 valence electrons. The second-order valence-electron chi connectivity index (χ2n) is 1.34. The van der Waals surface area contributed by atoms with E-state index in [4.69, 9.17) is 14.3 Å². The minimum atomic E-state index is -1.96. The number of hydrogen-bond donors (Lipinski definition) is 0. The molecule has 0 saturated carbocycles. The average molecular weight is 170 g/mol. The normalized spacial score (nSPS) is 13.6. The van der Waals surface area contributed by atoms with Crippen LogP contribution >= 0.6 is 24.0 Å². The third-order valence-corrected chi connectivity index (χ3v) is 0.853. The fourth-order valence-electron chi connectivity index (χ4n) is 0.383. The van der Waals surface area contributed by atoms with E-state index in [2.05, 4.69) is 10.1 Å². The molecule has 0 atom stereocenters. The van der Waals surface area contributed by atoms with Gasteiger partial charge in [0, 0.05) is 7.05 Å². The predicted molar refractivity (Wildman–Crippen MR) is 37.8 cm³/mol. The van der Waals surface area contributed by atoms with Crippen molar-refractivity contribution >= 4 is 24.0 Å². The van der Waals surface area contributed by atoms with Crippen LogP contribution in [0.4, 0.5) is 0 Å². The van der Waals surface area contributed by atoms with Gasteiger partial charge in [0.05, 0.1) is 8.57 Å². The zero-order valence-electron chi connectivity index (χ0n) is 6.71. The first-order valence-electron chi connectivity index (χ1n) is 3.05. The van der Waals surface area contributed by atoms with Crippen LogP contribution < -0.4 is 0 Å². The fourth-order valence-corrected chi connectivity index (χ4v) is 0.469. The monoisotopic (exact) mass is 169 g/mol. The van der Waals surface area contributed by atoms with E-state index in [0.717, 1.165) is 0 Å². The van der Waals surface area contributed by atoms with Gasteiger partial charge in [-0.2, -0.15) is 5.10 Å². The van der Waals surface area contributed by atoms with E-state index < -0.39 is 5.83 Å². The SMILES string of the molecule is Cl.[2H]C([2H])(Cl)c1ncn(C)n1. The van der Waals surface area contributed by atoms with Crippen molar-refractivity contribution in [2.24, 2.45) is 7.05 Å². The molecule has 0 bridgehead atoms. The van der Waals surface area contributed by atoms with Crippen LogP contribution in [-0.4, -0.2) is 14.8 Å². The van der Waals surface area contributed by atoms with Gasteiger partial charge in [-0.15, -0.1) is 24.0 Å². The van der Waals surface area contributed by atoms with Gasteiger partial charge in [-0.25, -0.2) is 4.98 Å². The minimum absolute atomic E-state index is 0. The molecule has 1 aromatic heterocycles. The van der Waals surface area contributed by atoms with Crippen LogP contribution in [0.3, 0.4) is 0 Å². The topological polar surface area (TPSA) is 30.7 Å². The molecule has 0 spiro atoms. The summed E-state index contributed by atoms with van der Waals surface area (Å²) in [6.45, 7) is 0. The minimum Gasteiger partial charge on any atom is -0.256 e. The van der Waals surface area contributed by atoms with Crippen molar-refractivity contribution in [1.82, 2.24) is 14.8 Å². The molecule has 0 aromatic carbocycles. The third-order valence-electron chi connectivity index (χ3n) is 0.684. The molecule has 0 radical (unpaired) electrons. The van der Waals surface area contributed by atoms with E-state index in [-0.39, 0.29) is 18.2 Å². The van der Waals surface area contributed by atoms with Gasteiger partial charge < -0.3 is 0 Å². The molecule has 0 aliphatic heterocycles. The molecule has 0 unspecified atom stereocenters. The predicted octanol–water partition coefficient (Wildman–Crippen LogP) is 0.976. The summed E-state index contributed by atoms with van der Waals surface area (Å²) in [4.78, 5) is 3.63. The van der Waals surface area contributed by atoms with Crippen LogP contribution in [0.15, 0.2) is 6.33 Å². The zero-order chi connectivity index (χ0) is 7.78. The molecule has 0 amide bonds. The number of hydrogen-bond acceptors (Lipinski definition) is 2. The summed E-state index contributed by atoms with van der Waals surface area (Å²) < 4.78 is 15.4. The van der Waals surface area contributed by atoms with Gasteiger partial charge in [-0.3, -0.25) is 4.68 Å². The second-order valence-corrected chi connectivity index (χ2v) is 1.53. The standard InChI is InChI=1S/C4H6ClN3.ClH/c1-8-3-6-4(2-5)7-8;/h3H,2H2,1H3;1H/i2D2;. The highest BCUT2D eigenvalue weighted by molar-refractivity contribution is 6.16. The Hall–Kier alpha value is -0.280. The largest absolute Gasteiger partial charge is 0.256 e. The molecule has 0 aliphatic carbocycles. The summed E-state index contributed by atoms with van der Waals surface area (Å²) in [5.41, 5.74) is 0. The van der Waals surface area contributed by atoms with E-state index >= 15 is 0 Å². The Morgan fingerprint density at radius 1 is 2.00 bits per heavy atom. The Bertz CT molecular complexity index is 231. The lowest BCUT2D eigenvalue weighted by molar-refractivity contribution is 0.754. The number of aromatic nitrogens is 3. The zero-order valence-corrected chi connectivity index (χ0v) is 6.28. The highest BCUT2D eigenvalue weighted by Gasteiger charge is 1.91. The van der Waals surface area contributed by atoms with Crippen LogP contribution in [0.5, 0.6) is 0 Å². The molecule has 0 saturated heterocycles. The van der Waals surface area contributed by atoms with Gasteiger partial charge in [0.1, 0.15) is 6.33 Å². The number of halogens is 2. The maximum atomic E-state index is 6.98. The lowest BCUT2D eigenvalue weighted by Crippen LogP contribution is -1.88. The van der Waals surface area contributed by atoms with E-state index in [1.807, 2.05) is 0 Å². The Labute approximate surface area is 67.3 Å². The van der Waals surface area contributed by atoms with Crippen LogP contribution in [0.2, 0.25) is 0 Å². The van der Waals surface area contributed by atoms with Gasteiger partial charge in [-0.1, -0.05) is 0 Å². The molecule has 1 aromatic rings. The van der Waals surface area contributed by atoms with E-state index in [0.29, 0.717) is 0 Å². The van der Waals surface area contributed by atoms with Crippen molar-refractivity contribution in [2.45, 2.75) is 5.83 Å². The first-order chi connectivity index (χ1) is 4.50. The Morgan fingerprint density at radius 2 is 2.67 bits per heavy atom. The Balaban J connectivity index is 0.000001000. The van der Waals surface area contributed by atoms with Crippen molar-refractivity contribution in [2.75, 3.05) is 0 Å². The van der Waals surface area contributed by atoms with Gasteiger partial charge in [0.2, 0.25) is 0 Å². The molecule has 1 rings (SSSR count). The Morgan fingerprint density at radius 3 is 2.89 bits per heavy atom. The van der Waals surface area contributed by atoms with Crippen LogP contribution in [0.25, 0.3) is 0 Å². The number of rotatable bonds is 1. The van der Waals surface area contributed by atoms with Gasteiger partial charge >= 0.3 is 0 Å². The molecule has 1 heterocycles. The quantitative estimate of drug-likeness (QED) is 0.588. The summed E-state index contributed by atoms with van der Waals surface area (Å²) in [7, 11) is 1.65. The highest BCUT2D eigenvalue weighted by Crippen LogP contribution is 1.91. The molecule has 0 fully saturated rings. The summed E-state index contributed by atoms with van der Waals surface area (Å²) in [5.74, 6) is -1.96. The summed E-state index contributed by atoms with van der Waals surface area (Å²) in [6, 6.07) is 0. The van der Waals surface area contributed by atoms with Crippen molar-refractivity contribution < 1.29 is 2.74 Å². The van der Waals surface area contributed by atoms with Crippen LogP contribution in [0.1, 0.15) is 8.57 Å². The van der Waals surface area contributed by atoms with Gasteiger partial charge in [0.25, 0.3) is 0 Å². The van der Waals surface area contributed by atoms with Crippen molar-refractivity contribution in [1.29, 1.82) is 0 Å².